The van der Waals surface area contributed by atoms with Gasteiger partial charge in [-0.15, -0.1) is 0 Å². The largest absolute Gasteiger partial charge is 0.326 e. The molecule has 0 aliphatic heterocycles. The highest BCUT2D eigenvalue weighted by molar-refractivity contribution is 5.90. The Balaban J connectivity index is 1.77. The van der Waals surface area contributed by atoms with E-state index in [0.717, 1.165) is 30.6 Å². The Hall–Kier alpha value is -2.62. The summed E-state index contributed by atoms with van der Waals surface area (Å²) in [5.74, 6) is 0.374. The molecule has 138 valence electrons. The highest BCUT2D eigenvalue weighted by Gasteiger charge is 2.05. The maximum Gasteiger partial charge on any atom is 0.224 e. The van der Waals surface area contributed by atoms with Gasteiger partial charge in [-0.1, -0.05) is 38.1 Å². The molecule has 2 N–H and O–H groups in total. The molecule has 0 aliphatic rings. The summed E-state index contributed by atoms with van der Waals surface area (Å²) in [5.41, 5.74) is 4.21. The normalized spacial score (nSPS) is 10.6. The third kappa shape index (κ3) is 7.09. The van der Waals surface area contributed by atoms with Crippen LogP contribution in [0, 0.1) is 5.92 Å². The molecule has 0 saturated carbocycles. The van der Waals surface area contributed by atoms with Crippen molar-refractivity contribution >= 4 is 23.2 Å². The van der Waals surface area contributed by atoms with Gasteiger partial charge in [-0.3, -0.25) is 9.59 Å². The van der Waals surface area contributed by atoms with Crippen LogP contribution in [0.4, 0.5) is 11.4 Å². The molecule has 2 aromatic carbocycles. The summed E-state index contributed by atoms with van der Waals surface area (Å²) in [5, 5.41) is 5.71. The van der Waals surface area contributed by atoms with Gasteiger partial charge >= 0.3 is 0 Å². The third-order valence-electron chi connectivity index (χ3n) is 4.04. The molecule has 0 atom stereocenters. The van der Waals surface area contributed by atoms with Crippen molar-refractivity contribution in [1.29, 1.82) is 0 Å². The van der Waals surface area contributed by atoms with E-state index >= 15 is 0 Å². The first kappa shape index (κ1) is 19.7. The quantitative estimate of drug-likeness (QED) is 0.716. The first-order valence-electron chi connectivity index (χ1n) is 9.17. The molecule has 0 aromatic heterocycles. The molecular formula is C22H28N2O2. The number of nitrogens with one attached hydrogen (secondary N) is 2. The number of carbonyl (C=O) groups excluding carboxylic acids is 2. The molecule has 2 rings (SSSR count). The van der Waals surface area contributed by atoms with Gasteiger partial charge in [0.15, 0.2) is 0 Å². The van der Waals surface area contributed by atoms with Crippen LogP contribution in [-0.2, 0) is 22.4 Å². The van der Waals surface area contributed by atoms with E-state index < -0.39 is 0 Å². The van der Waals surface area contributed by atoms with E-state index in [-0.39, 0.29) is 11.8 Å². The van der Waals surface area contributed by atoms with Crippen molar-refractivity contribution in [3.05, 3.63) is 59.7 Å². The van der Waals surface area contributed by atoms with Gasteiger partial charge in [0.25, 0.3) is 0 Å². The summed E-state index contributed by atoms with van der Waals surface area (Å²) < 4.78 is 0. The van der Waals surface area contributed by atoms with Gasteiger partial charge in [0.1, 0.15) is 0 Å². The molecule has 0 saturated heterocycles. The molecule has 2 amide bonds. The van der Waals surface area contributed by atoms with Crippen LogP contribution in [0.25, 0.3) is 0 Å². The first-order valence-corrected chi connectivity index (χ1v) is 9.17. The van der Waals surface area contributed by atoms with E-state index in [0.29, 0.717) is 12.3 Å². The minimum atomic E-state index is -0.0541. The summed E-state index contributed by atoms with van der Waals surface area (Å²) in [4.78, 5) is 22.8. The molecule has 0 bridgehead atoms. The number of anilines is 2. The number of carbonyl (C=O) groups is 2. The Labute approximate surface area is 156 Å². The number of hydrogen-bond acceptors (Lipinski definition) is 2. The summed E-state index contributed by atoms with van der Waals surface area (Å²) in [7, 11) is 0. The first-order chi connectivity index (χ1) is 12.4. The van der Waals surface area contributed by atoms with Crippen LogP contribution in [0.3, 0.4) is 0 Å². The minimum absolute atomic E-state index is 0.0541. The lowest BCUT2D eigenvalue weighted by atomic mass is 10.0. The van der Waals surface area contributed by atoms with E-state index in [2.05, 4.69) is 34.9 Å². The Morgan fingerprint density at radius 3 is 1.69 bits per heavy atom. The number of rotatable bonds is 8. The van der Waals surface area contributed by atoms with Crippen molar-refractivity contribution in [3.8, 4) is 0 Å². The zero-order valence-electron chi connectivity index (χ0n) is 15.8. The second-order valence-corrected chi connectivity index (χ2v) is 7.07. The lowest BCUT2D eigenvalue weighted by molar-refractivity contribution is -0.117. The van der Waals surface area contributed by atoms with Gasteiger partial charge < -0.3 is 10.6 Å². The number of hydrogen-bond donors (Lipinski definition) is 2. The number of aryl methyl sites for hydroxylation is 2. The van der Waals surface area contributed by atoms with Crippen LogP contribution in [-0.4, -0.2) is 11.8 Å². The van der Waals surface area contributed by atoms with Crippen LogP contribution in [0.1, 0.15) is 44.7 Å². The van der Waals surface area contributed by atoms with Crippen LogP contribution in [0.15, 0.2) is 48.5 Å². The molecule has 4 nitrogen and oxygen atoms in total. The molecule has 0 radical (unpaired) electrons. The Morgan fingerprint density at radius 2 is 1.27 bits per heavy atom. The molecule has 0 fully saturated rings. The molecule has 0 spiro atoms. The zero-order valence-corrected chi connectivity index (χ0v) is 15.8. The van der Waals surface area contributed by atoms with E-state index in [1.54, 1.807) is 0 Å². The average Bonchev–Trinajstić information content (AvgIpc) is 2.57. The van der Waals surface area contributed by atoms with Crippen molar-refractivity contribution in [1.82, 2.24) is 0 Å². The van der Waals surface area contributed by atoms with E-state index in [1.807, 2.05) is 38.1 Å². The standard InChI is InChI=1S/C22H28N2O2/c1-16(2)15-22(26)24-21-13-9-19(10-14-21)6-4-5-18-7-11-20(12-8-18)23-17(3)25/h7-14,16H,4-6,15H2,1-3H3,(H,23,25)(H,24,26). The van der Waals surface area contributed by atoms with Gasteiger partial charge in [-0.2, -0.15) is 0 Å². The van der Waals surface area contributed by atoms with E-state index in [1.165, 1.54) is 18.1 Å². The predicted octanol–water partition coefficient (Wildman–Crippen LogP) is 4.80. The molecule has 0 heterocycles. The maximum atomic E-state index is 11.8. The van der Waals surface area contributed by atoms with Crippen molar-refractivity contribution in [2.75, 3.05) is 10.6 Å². The van der Waals surface area contributed by atoms with Crippen molar-refractivity contribution in [3.63, 3.8) is 0 Å². The summed E-state index contributed by atoms with van der Waals surface area (Å²) in [6.45, 7) is 5.58. The Kier molecular flexibility index (Phi) is 7.39. The highest BCUT2D eigenvalue weighted by atomic mass is 16.2. The summed E-state index contributed by atoms with van der Waals surface area (Å²) >= 11 is 0. The molecule has 2 aromatic rings. The maximum absolute atomic E-state index is 11.8. The van der Waals surface area contributed by atoms with Crippen LogP contribution in [0.5, 0.6) is 0 Å². The molecule has 0 unspecified atom stereocenters. The van der Waals surface area contributed by atoms with Gasteiger partial charge in [-0.05, 0) is 60.6 Å². The molecule has 4 heteroatoms. The van der Waals surface area contributed by atoms with Gasteiger partial charge in [-0.25, -0.2) is 0 Å². The highest BCUT2D eigenvalue weighted by Crippen LogP contribution is 2.15. The third-order valence-corrected chi connectivity index (χ3v) is 4.04. The fraction of sp³-hybridized carbons (Fsp3) is 0.364. The summed E-state index contributed by atoms with van der Waals surface area (Å²) in [6, 6.07) is 16.1. The fourth-order valence-electron chi connectivity index (χ4n) is 2.79. The second-order valence-electron chi connectivity index (χ2n) is 7.07. The topological polar surface area (TPSA) is 58.2 Å². The van der Waals surface area contributed by atoms with E-state index in [9.17, 15) is 9.59 Å². The van der Waals surface area contributed by atoms with E-state index in [4.69, 9.17) is 0 Å². The lowest BCUT2D eigenvalue weighted by Gasteiger charge is -2.08. The number of amides is 2. The second kappa shape index (κ2) is 9.76. The molecule has 26 heavy (non-hydrogen) atoms. The van der Waals surface area contributed by atoms with Gasteiger partial charge in [0.2, 0.25) is 11.8 Å². The Morgan fingerprint density at radius 1 is 0.808 bits per heavy atom. The van der Waals surface area contributed by atoms with Gasteiger partial charge in [0.05, 0.1) is 0 Å². The monoisotopic (exact) mass is 352 g/mol. The van der Waals surface area contributed by atoms with Crippen LogP contribution >= 0.6 is 0 Å². The van der Waals surface area contributed by atoms with Gasteiger partial charge in [0, 0.05) is 24.7 Å². The van der Waals surface area contributed by atoms with Crippen molar-refractivity contribution in [2.45, 2.75) is 46.5 Å². The van der Waals surface area contributed by atoms with Crippen molar-refractivity contribution in [2.24, 2.45) is 5.92 Å². The van der Waals surface area contributed by atoms with Crippen molar-refractivity contribution < 1.29 is 9.59 Å². The minimum Gasteiger partial charge on any atom is -0.326 e. The lowest BCUT2D eigenvalue weighted by Crippen LogP contribution is -2.13. The predicted molar refractivity (Wildman–Crippen MR) is 107 cm³/mol. The number of benzene rings is 2. The zero-order chi connectivity index (χ0) is 18.9. The fourth-order valence-corrected chi connectivity index (χ4v) is 2.79. The average molecular weight is 352 g/mol. The SMILES string of the molecule is CC(=O)Nc1ccc(CCCc2ccc(NC(=O)CC(C)C)cc2)cc1. The van der Waals surface area contributed by atoms with Crippen LogP contribution in [0.2, 0.25) is 0 Å². The van der Waals surface area contributed by atoms with Crippen LogP contribution < -0.4 is 10.6 Å². The summed E-state index contributed by atoms with van der Waals surface area (Å²) in [6.07, 6.45) is 3.59. The molecule has 0 aliphatic carbocycles. The Bertz CT molecular complexity index is 719. The molecular weight excluding hydrogens is 324 g/mol. The smallest absolute Gasteiger partial charge is 0.224 e.